The summed E-state index contributed by atoms with van der Waals surface area (Å²) in [6.07, 6.45) is 0. The first-order valence-corrected chi connectivity index (χ1v) is 9.89. The van der Waals surface area contributed by atoms with Crippen molar-refractivity contribution in [3.8, 4) is 5.75 Å². The molecule has 2 heterocycles. The number of para-hydroxylation sites is 1. The van der Waals surface area contributed by atoms with Crippen LogP contribution in [-0.4, -0.2) is 21.9 Å². The van der Waals surface area contributed by atoms with E-state index in [1.54, 1.807) is 24.3 Å². The van der Waals surface area contributed by atoms with Crippen LogP contribution in [0.5, 0.6) is 5.75 Å². The zero-order valence-electron chi connectivity index (χ0n) is 16.8. The number of Topliss-reactive ketones (excluding diaryl/α,β-unsaturated/α-hetero) is 1. The average molecular weight is 447 g/mol. The van der Waals surface area contributed by atoms with Gasteiger partial charge in [-0.25, -0.2) is 8.78 Å². The third-order valence-electron chi connectivity index (χ3n) is 5.48. The maximum atomic E-state index is 14.7. The average Bonchev–Trinajstić information content (AvgIpc) is 3.34. The Balaban J connectivity index is 1.68. The molecule has 1 amide bonds. The van der Waals surface area contributed by atoms with Gasteiger partial charge in [0, 0.05) is 11.5 Å². The van der Waals surface area contributed by atoms with Gasteiger partial charge in [-0.2, -0.15) is 0 Å². The van der Waals surface area contributed by atoms with Gasteiger partial charge in [-0.1, -0.05) is 30.3 Å². The molecule has 3 aromatic carbocycles. The molecule has 0 spiro atoms. The van der Waals surface area contributed by atoms with Gasteiger partial charge in [-0.05, 0) is 42.0 Å². The lowest BCUT2D eigenvalue weighted by molar-refractivity contribution is -0.117. The van der Waals surface area contributed by atoms with Crippen LogP contribution in [0.15, 0.2) is 88.5 Å². The fourth-order valence-electron chi connectivity index (χ4n) is 3.96. The van der Waals surface area contributed by atoms with E-state index in [-0.39, 0.29) is 22.8 Å². The first kappa shape index (κ1) is 20.4. The van der Waals surface area contributed by atoms with Gasteiger partial charge in [0.25, 0.3) is 5.91 Å². The highest BCUT2D eigenvalue weighted by atomic mass is 19.1. The van der Waals surface area contributed by atoms with Gasteiger partial charge in [0.1, 0.15) is 23.0 Å². The number of ketones is 1. The fourth-order valence-corrected chi connectivity index (χ4v) is 3.96. The molecule has 5 rings (SSSR count). The quantitative estimate of drug-likeness (QED) is 0.420. The Morgan fingerprint density at radius 3 is 2.36 bits per heavy atom. The van der Waals surface area contributed by atoms with Crippen LogP contribution in [0.4, 0.5) is 14.5 Å². The highest BCUT2D eigenvalue weighted by molar-refractivity contribution is 6.20. The Bertz CT molecular complexity index is 1420. The van der Waals surface area contributed by atoms with E-state index >= 15 is 0 Å². The Morgan fingerprint density at radius 1 is 0.939 bits per heavy atom. The number of fused-ring (bicyclic) bond motifs is 1. The third kappa shape index (κ3) is 3.32. The van der Waals surface area contributed by atoms with Crippen LogP contribution in [0, 0.1) is 11.6 Å². The van der Waals surface area contributed by atoms with Crippen LogP contribution in [0.3, 0.4) is 0 Å². The van der Waals surface area contributed by atoms with Crippen molar-refractivity contribution in [2.75, 3.05) is 4.90 Å². The number of rotatable bonds is 4. The number of carbonyl (C=O) groups is 2. The van der Waals surface area contributed by atoms with E-state index < -0.39 is 35.1 Å². The SMILES string of the molecule is O=C(C1=C(O)C(=O)N(c2ccc(F)cc2F)C1c1ccc(O)cc1)c1cc2ccccc2o1. The van der Waals surface area contributed by atoms with Crippen molar-refractivity contribution in [3.63, 3.8) is 0 Å². The minimum atomic E-state index is -1.25. The van der Waals surface area contributed by atoms with E-state index in [1.165, 1.54) is 30.3 Å². The highest BCUT2D eigenvalue weighted by Crippen LogP contribution is 2.43. The molecule has 0 saturated carbocycles. The lowest BCUT2D eigenvalue weighted by Crippen LogP contribution is -2.31. The predicted octanol–water partition coefficient (Wildman–Crippen LogP) is 5.20. The molecule has 0 bridgehead atoms. The second-order valence-electron chi connectivity index (χ2n) is 7.50. The number of benzene rings is 3. The normalized spacial score (nSPS) is 16.1. The molecule has 0 aliphatic carbocycles. The van der Waals surface area contributed by atoms with Crippen LogP contribution < -0.4 is 4.90 Å². The number of amides is 1. The molecule has 6 nitrogen and oxygen atoms in total. The summed E-state index contributed by atoms with van der Waals surface area (Å²) in [4.78, 5) is 27.4. The molecule has 1 aromatic heterocycles. The van der Waals surface area contributed by atoms with Crippen LogP contribution >= 0.6 is 0 Å². The minimum absolute atomic E-state index is 0.0686. The summed E-state index contributed by atoms with van der Waals surface area (Å²) in [6.45, 7) is 0. The van der Waals surface area contributed by atoms with E-state index in [0.29, 0.717) is 22.6 Å². The number of hydrogen-bond acceptors (Lipinski definition) is 5. The minimum Gasteiger partial charge on any atom is -0.508 e. The highest BCUT2D eigenvalue weighted by Gasteiger charge is 2.46. The summed E-state index contributed by atoms with van der Waals surface area (Å²) in [6, 6.07) is 15.3. The Labute approximate surface area is 185 Å². The van der Waals surface area contributed by atoms with Crippen molar-refractivity contribution in [1.29, 1.82) is 0 Å². The summed E-state index contributed by atoms with van der Waals surface area (Å²) in [5, 5.41) is 21.0. The van der Waals surface area contributed by atoms with Crippen LogP contribution in [0.1, 0.15) is 22.2 Å². The predicted molar refractivity (Wildman–Crippen MR) is 115 cm³/mol. The van der Waals surface area contributed by atoms with Gasteiger partial charge >= 0.3 is 0 Å². The van der Waals surface area contributed by atoms with Gasteiger partial charge in [0.05, 0.1) is 17.3 Å². The summed E-state index contributed by atoms with van der Waals surface area (Å²) in [7, 11) is 0. The molecule has 1 unspecified atom stereocenters. The third-order valence-corrected chi connectivity index (χ3v) is 5.48. The summed E-state index contributed by atoms with van der Waals surface area (Å²) in [5.74, 6) is -4.74. The second kappa shape index (κ2) is 7.59. The fraction of sp³-hybridized carbons (Fsp3) is 0.0400. The largest absolute Gasteiger partial charge is 0.508 e. The molecule has 0 saturated heterocycles. The number of phenolic OH excluding ortho intramolecular Hbond substituents is 1. The van der Waals surface area contributed by atoms with E-state index in [9.17, 15) is 28.6 Å². The number of phenols is 1. The van der Waals surface area contributed by atoms with Crippen LogP contribution in [0.25, 0.3) is 11.0 Å². The smallest absolute Gasteiger partial charge is 0.294 e. The maximum Gasteiger partial charge on any atom is 0.294 e. The van der Waals surface area contributed by atoms with Gasteiger partial charge in [-0.3, -0.25) is 14.5 Å². The van der Waals surface area contributed by atoms with Crippen LogP contribution in [0.2, 0.25) is 0 Å². The first-order chi connectivity index (χ1) is 15.8. The van der Waals surface area contributed by atoms with Gasteiger partial charge < -0.3 is 14.6 Å². The van der Waals surface area contributed by atoms with E-state index in [0.717, 1.165) is 17.0 Å². The van der Waals surface area contributed by atoms with Crippen molar-refractivity contribution in [3.05, 3.63) is 107 Å². The lowest BCUT2D eigenvalue weighted by Gasteiger charge is -2.27. The molecular formula is C25H15F2NO5. The van der Waals surface area contributed by atoms with Gasteiger partial charge in [0.2, 0.25) is 5.78 Å². The van der Waals surface area contributed by atoms with Gasteiger partial charge in [0.15, 0.2) is 11.5 Å². The van der Waals surface area contributed by atoms with Crippen molar-refractivity contribution in [2.24, 2.45) is 0 Å². The first-order valence-electron chi connectivity index (χ1n) is 9.89. The van der Waals surface area contributed by atoms with E-state index in [4.69, 9.17) is 4.42 Å². The summed E-state index contributed by atoms with van der Waals surface area (Å²) in [5.41, 5.74) is 0.105. The van der Waals surface area contributed by atoms with E-state index in [2.05, 4.69) is 0 Å². The Morgan fingerprint density at radius 2 is 1.67 bits per heavy atom. The molecule has 4 aromatic rings. The van der Waals surface area contributed by atoms with Crippen molar-refractivity contribution in [1.82, 2.24) is 0 Å². The van der Waals surface area contributed by atoms with Gasteiger partial charge in [-0.15, -0.1) is 0 Å². The number of hydrogen-bond donors (Lipinski definition) is 2. The zero-order chi connectivity index (χ0) is 23.3. The second-order valence-corrected chi connectivity index (χ2v) is 7.50. The summed E-state index contributed by atoms with van der Waals surface area (Å²) < 4.78 is 33.8. The number of aliphatic hydroxyl groups excluding tert-OH is 1. The Hall–Kier alpha value is -4.46. The van der Waals surface area contributed by atoms with Crippen molar-refractivity contribution in [2.45, 2.75) is 6.04 Å². The number of halogens is 2. The lowest BCUT2D eigenvalue weighted by atomic mass is 9.94. The number of aromatic hydroxyl groups is 1. The molecule has 8 heteroatoms. The molecule has 0 fully saturated rings. The van der Waals surface area contributed by atoms with Crippen molar-refractivity contribution < 1.29 is 33.0 Å². The standard InChI is InChI=1S/C25H15F2NO5/c26-15-7-10-18(17(27)12-15)28-22(13-5-8-16(29)9-6-13)21(24(31)25(28)32)23(30)20-11-14-3-1-2-4-19(14)33-20/h1-12,22,29,31H. The zero-order valence-corrected chi connectivity index (χ0v) is 16.8. The molecule has 2 N–H and O–H groups in total. The Kier molecular flexibility index (Phi) is 4.70. The number of furan rings is 1. The molecule has 33 heavy (non-hydrogen) atoms. The number of carbonyl (C=O) groups excluding carboxylic acids is 2. The van der Waals surface area contributed by atoms with E-state index in [1.807, 2.05) is 0 Å². The molecule has 0 radical (unpaired) electrons. The van der Waals surface area contributed by atoms with Crippen LogP contribution in [-0.2, 0) is 4.79 Å². The molecule has 1 aliphatic heterocycles. The topological polar surface area (TPSA) is 91.0 Å². The summed E-state index contributed by atoms with van der Waals surface area (Å²) >= 11 is 0. The molecular weight excluding hydrogens is 432 g/mol. The number of nitrogens with zero attached hydrogens (tertiary/aromatic N) is 1. The molecule has 1 atom stereocenters. The molecule has 164 valence electrons. The van der Waals surface area contributed by atoms with Crippen molar-refractivity contribution >= 4 is 28.3 Å². The maximum absolute atomic E-state index is 14.7. The monoisotopic (exact) mass is 447 g/mol. The number of anilines is 1. The number of aliphatic hydroxyl groups is 1. The molecule has 1 aliphatic rings.